The third-order valence-corrected chi connectivity index (χ3v) is 5.16. The molecule has 0 radical (unpaired) electrons. The predicted octanol–water partition coefficient (Wildman–Crippen LogP) is 3.22. The van der Waals surface area contributed by atoms with Crippen molar-refractivity contribution in [2.75, 3.05) is 25.5 Å². The zero-order valence-corrected chi connectivity index (χ0v) is 15.6. The van der Waals surface area contributed by atoms with Gasteiger partial charge in [0.1, 0.15) is 5.75 Å². The number of benzene rings is 2. The Morgan fingerprint density at radius 1 is 1.19 bits per heavy atom. The van der Waals surface area contributed by atoms with Crippen LogP contribution in [-0.4, -0.2) is 30.8 Å². The van der Waals surface area contributed by atoms with E-state index in [1.54, 1.807) is 11.7 Å². The number of pyridine rings is 1. The Labute approximate surface area is 159 Å². The molecule has 2 N–H and O–H groups in total. The first kappa shape index (κ1) is 17.6. The molecule has 4 rings (SSSR count). The van der Waals surface area contributed by atoms with Crippen LogP contribution >= 0.6 is 0 Å². The van der Waals surface area contributed by atoms with Crippen LogP contribution in [-0.2, 0) is 6.54 Å². The molecular weight excluding hydrogens is 338 g/mol. The maximum atomic E-state index is 12.9. The first-order chi connectivity index (χ1) is 13.2. The van der Waals surface area contributed by atoms with E-state index < -0.39 is 0 Å². The van der Waals surface area contributed by atoms with Crippen molar-refractivity contribution in [2.24, 2.45) is 0 Å². The SMILES string of the molecule is COc1ccc(Cn2ccc3cc(N[C@@H]4CCCNC4)ccc3c2=O)cc1. The lowest BCUT2D eigenvalue weighted by Gasteiger charge is -2.25. The normalized spacial score (nSPS) is 17.0. The molecule has 140 valence electrons. The van der Waals surface area contributed by atoms with Crippen molar-refractivity contribution >= 4 is 16.5 Å². The van der Waals surface area contributed by atoms with Gasteiger partial charge in [0.05, 0.1) is 13.7 Å². The van der Waals surface area contributed by atoms with Gasteiger partial charge < -0.3 is 19.9 Å². The number of ether oxygens (including phenoxy) is 1. The Balaban J connectivity index is 1.56. The van der Waals surface area contributed by atoms with Crippen molar-refractivity contribution in [1.29, 1.82) is 0 Å². The molecule has 1 aliphatic heterocycles. The molecule has 1 aromatic heterocycles. The zero-order chi connectivity index (χ0) is 18.6. The molecule has 3 aromatic rings. The minimum absolute atomic E-state index is 0.0363. The largest absolute Gasteiger partial charge is 0.497 e. The highest BCUT2D eigenvalue weighted by molar-refractivity contribution is 5.84. The molecule has 1 saturated heterocycles. The molecule has 5 heteroatoms. The molecule has 0 amide bonds. The molecule has 0 bridgehead atoms. The summed E-state index contributed by atoms with van der Waals surface area (Å²) in [5.74, 6) is 0.817. The van der Waals surface area contributed by atoms with Crippen LogP contribution < -0.4 is 20.9 Å². The monoisotopic (exact) mass is 363 g/mol. The van der Waals surface area contributed by atoms with Crippen LogP contribution in [0.3, 0.4) is 0 Å². The van der Waals surface area contributed by atoms with Crippen LogP contribution in [0, 0.1) is 0 Å². The van der Waals surface area contributed by atoms with Gasteiger partial charge in [-0.05, 0) is 66.7 Å². The second-order valence-electron chi connectivity index (χ2n) is 7.09. The van der Waals surface area contributed by atoms with E-state index in [4.69, 9.17) is 4.74 Å². The van der Waals surface area contributed by atoms with Crippen molar-refractivity contribution in [3.05, 3.63) is 70.6 Å². The lowest BCUT2D eigenvalue weighted by Crippen LogP contribution is -2.38. The summed E-state index contributed by atoms with van der Waals surface area (Å²) in [6, 6.07) is 16.3. The number of hydrogen-bond acceptors (Lipinski definition) is 4. The first-order valence-corrected chi connectivity index (χ1v) is 9.46. The quantitative estimate of drug-likeness (QED) is 0.731. The van der Waals surface area contributed by atoms with Crippen LogP contribution in [0.15, 0.2) is 59.5 Å². The number of nitrogens with one attached hydrogen (secondary N) is 2. The smallest absolute Gasteiger partial charge is 0.258 e. The fourth-order valence-corrected chi connectivity index (χ4v) is 3.64. The number of piperidine rings is 1. The Hall–Kier alpha value is -2.79. The summed E-state index contributed by atoms with van der Waals surface area (Å²) in [4.78, 5) is 12.9. The molecule has 1 fully saturated rings. The molecule has 1 atom stereocenters. The second kappa shape index (κ2) is 7.84. The summed E-state index contributed by atoms with van der Waals surface area (Å²) < 4.78 is 6.94. The van der Waals surface area contributed by atoms with E-state index in [1.165, 1.54) is 12.8 Å². The molecule has 27 heavy (non-hydrogen) atoms. The minimum atomic E-state index is 0.0363. The number of fused-ring (bicyclic) bond motifs is 1. The molecule has 0 aliphatic carbocycles. The lowest BCUT2D eigenvalue weighted by atomic mass is 10.1. The van der Waals surface area contributed by atoms with Crippen molar-refractivity contribution in [3.63, 3.8) is 0 Å². The number of anilines is 1. The van der Waals surface area contributed by atoms with Crippen LogP contribution in [0.1, 0.15) is 18.4 Å². The molecule has 0 unspecified atom stereocenters. The van der Waals surface area contributed by atoms with E-state index in [1.807, 2.05) is 48.7 Å². The number of methoxy groups -OCH3 is 1. The third-order valence-electron chi connectivity index (χ3n) is 5.16. The first-order valence-electron chi connectivity index (χ1n) is 9.46. The van der Waals surface area contributed by atoms with E-state index in [2.05, 4.69) is 16.7 Å². The molecular formula is C22H25N3O2. The summed E-state index contributed by atoms with van der Waals surface area (Å²) in [7, 11) is 1.65. The second-order valence-corrected chi connectivity index (χ2v) is 7.09. The van der Waals surface area contributed by atoms with Gasteiger partial charge in [-0.1, -0.05) is 12.1 Å². The van der Waals surface area contributed by atoms with Gasteiger partial charge in [-0.2, -0.15) is 0 Å². The average molecular weight is 363 g/mol. The fraction of sp³-hybridized carbons (Fsp3) is 0.318. The third kappa shape index (κ3) is 3.98. The fourth-order valence-electron chi connectivity index (χ4n) is 3.64. The molecule has 0 spiro atoms. The highest BCUT2D eigenvalue weighted by Crippen LogP contribution is 2.19. The van der Waals surface area contributed by atoms with E-state index >= 15 is 0 Å². The maximum Gasteiger partial charge on any atom is 0.258 e. The van der Waals surface area contributed by atoms with Gasteiger partial charge in [-0.25, -0.2) is 0 Å². The van der Waals surface area contributed by atoms with E-state index in [0.29, 0.717) is 12.6 Å². The van der Waals surface area contributed by atoms with Crippen molar-refractivity contribution < 1.29 is 4.74 Å². The highest BCUT2D eigenvalue weighted by atomic mass is 16.5. The van der Waals surface area contributed by atoms with Crippen molar-refractivity contribution in [3.8, 4) is 5.75 Å². The standard InChI is InChI=1S/C22H25N3O2/c1-27-20-7-4-16(5-8-20)15-25-12-10-17-13-18(6-9-21(17)22(25)26)24-19-3-2-11-23-14-19/h4-10,12-13,19,23-24H,2-3,11,14-15H2,1H3/t19-/m1/s1. The van der Waals surface area contributed by atoms with Gasteiger partial charge in [-0.15, -0.1) is 0 Å². The van der Waals surface area contributed by atoms with Crippen molar-refractivity contribution in [1.82, 2.24) is 9.88 Å². The van der Waals surface area contributed by atoms with Crippen LogP contribution in [0.5, 0.6) is 5.75 Å². The van der Waals surface area contributed by atoms with Crippen molar-refractivity contribution in [2.45, 2.75) is 25.4 Å². The Kier molecular flexibility index (Phi) is 5.12. The van der Waals surface area contributed by atoms with Gasteiger partial charge in [0.2, 0.25) is 0 Å². The van der Waals surface area contributed by atoms with E-state index in [-0.39, 0.29) is 5.56 Å². The summed E-state index contributed by atoms with van der Waals surface area (Å²) >= 11 is 0. The van der Waals surface area contributed by atoms with Crippen LogP contribution in [0.2, 0.25) is 0 Å². The Morgan fingerprint density at radius 3 is 2.78 bits per heavy atom. The summed E-state index contributed by atoms with van der Waals surface area (Å²) in [6.07, 6.45) is 4.25. The number of hydrogen-bond donors (Lipinski definition) is 2. The Bertz CT molecular complexity index is 973. The lowest BCUT2D eigenvalue weighted by molar-refractivity contribution is 0.414. The maximum absolute atomic E-state index is 12.9. The number of rotatable bonds is 5. The molecule has 1 aliphatic rings. The molecule has 2 aromatic carbocycles. The van der Waals surface area contributed by atoms with Gasteiger partial charge in [-0.3, -0.25) is 4.79 Å². The zero-order valence-electron chi connectivity index (χ0n) is 15.6. The Morgan fingerprint density at radius 2 is 2.04 bits per heavy atom. The van der Waals surface area contributed by atoms with Gasteiger partial charge in [0.25, 0.3) is 5.56 Å². The molecule has 2 heterocycles. The van der Waals surface area contributed by atoms with Gasteiger partial charge in [0.15, 0.2) is 0 Å². The summed E-state index contributed by atoms with van der Waals surface area (Å²) in [5.41, 5.74) is 2.18. The number of nitrogens with zero attached hydrogens (tertiary/aromatic N) is 1. The summed E-state index contributed by atoms with van der Waals surface area (Å²) in [5, 5.41) is 8.71. The van der Waals surface area contributed by atoms with Crippen LogP contribution in [0.4, 0.5) is 5.69 Å². The predicted molar refractivity (Wildman–Crippen MR) is 110 cm³/mol. The average Bonchev–Trinajstić information content (AvgIpc) is 2.71. The van der Waals surface area contributed by atoms with Crippen LogP contribution in [0.25, 0.3) is 10.8 Å². The number of aromatic nitrogens is 1. The minimum Gasteiger partial charge on any atom is -0.497 e. The molecule has 0 saturated carbocycles. The van der Waals surface area contributed by atoms with Gasteiger partial charge >= 0.3 is 0 Å². The topological polar surface area (TPSA) is 55.3 Å². The summed E-state index contributed by atoms with van der Waals surface area (Å²) in [6.45, 7) is 2.64. The molecule has 5 nitrogen and oxygen atoms in total. The van der Waals surface area contributed by atoms with E-state index in [0.717, 1.165) is 40.9 Å². The van der Waals surface area contributed by atoms with Gasteiger partial charge in [0, 0.05) is 29.9 Å². The van der Waals surface area contributed by atoms with E-state index in [9.17, 15) is 4.79 Å². The highest BCUT2D eigenvalue weighted by Gasteiger charge is 2.13.